The summed E-state index contributed by atoms with van der Waals surface area (Å²) >= 11 is 0. The minimum atomic E-state index is -3.59. The van der Waals surface area contributed by atoms with Crippen LogP contribution in [0.1, 0.15) is 24.3 Å². The maximum Gasteiger partial charge on any atom is 0.258 e. The lowest BCUT2D eigenvalue weighted by molar-refractivity contribution is 0.216. The molecule has 0 aliphatic carbocycles. The summed E-state index contributed by atoms with van der Waals surface area (Å²) in [7, 11) is -3.59. The molecule has 0 spiro atoms. The standard InChI is InChI=1S/C22H25N3O2S/c26-28(27,22-11-10-20-8-4-5-9-21(20)24-22)23-14-17-25-15-12-19(13-16-25)18-6-2-1-3-7-18/h1-11,19,23H,12-17H2. The monoisotopic (exact) mass is 395 g/mol. The Balaban J connectivity index is 1.29. The summed E-state index contributed by atoms with van der Waals surface area (Å²) in [6.45, 7) is 3.10. The van der Waals surface area contributed by atoms with Crippen molar-refractivity contribution in [2.24, 2.45) is 0 Å². The highest BCUT2D eigenvalue weighted by Gasteiger charge is 2.21. The third kappa shape index (κ3) is 4.41. The molecular formula is C22H25N3O2S. The molecule has 1 N–H and O–H groups in total. The molecule has 1 fully saturated rings. The molecule has 5 nitrogen and oxygen atoms in total. The number of aromatic nitrogens is 1. The van der Waals surface area contributed by atoms with E-state index in [4.69, 9.17) is 0 Å². The SMILES string of the molecule is O=S(=O)(NCCN1CCC(c2ccccc2)CC1)c1ccc2ccccc2n1. The van der Waals surface area contributed by atoms with Gasteiger partial charge in [-0.1, -0.05) is 48.5 Å². The summed E-state index contributed by atoms with van der Waals surface area (Å²) in [5.41, 5.74) is 2.10. The van der Waals surface area contributed by atoms with Crippen LogP contribution in [0.3, 0.4) is 0 Å². The van der Waals surface area contributed by atoms with Crippen LogP contribution in [0.15, 0.2) is 71.8 Å². The lowest BCUT2D eigenvalue weighted by Gasteiger charge is -2.32. The molecular weight excluding hydrogens is 370 g/mol. The van der Waals surface area contributed by atoms with Crippen LogP contribution in [-0.2, 0) is 10.0 Å². The second kappa shape index (κ2) is 8.39. The first-order chi connectivity index (χ1) is 13.6. The van der Waals surface area contributed by atoms with Gasteiger partial charge < -0.3 is 4.90 Å². The zero-order chi connectivity index (χ0) is 19.4. The van der Waals surface area contributed by atoms with Crippen molar-refractivity contribution in [2.75, 3.05) is 26.2 Å². The molecule has 6 heteroatoms. The number of hydrogen-bond donors (Lipinski definition) is 1. The average molecular weight is 396 g/mol. The predicted molar refractivity (Wildman–Crippen MR) is 112 cm³/mol. The number of nitrogens with one attached hydrogen (secondary N) is 1. The van der Waals surface area contributed by atoms with Gasteiger partial charge in [0.25, 0.3) is 10.0 Å². The molecule has 0 bridgehead atoms. The summed E-state index contributed by atoms with van der Waals surface area (Å²) in [5, 5.41) is 1.01. The third-order valence-electron chi connectivity index (χ3n) is 5.43. The Morgan fingerprint density at radius 3 is 2.43 bits per heavy atom. The van der Waals surface area contributed by atoms with Gasteiger partial charge in [-0.25, -0.2) is 18.1 Å². The van der Waals surface area contributed by atoms with Crippen LogP contribution in [0.2, 0.25) is 0 Å². The summed E-state index contributed by atoms with van der Waals surface area (Å²) in [6.07, 6.45) is 2.23. The maximum atomic E-state index is 12.6. The van der Waals surface area contributed by atoms with Gasteiger partial charge in [0.1, 0.15) is 0 Å². The summed E-state index contributed by atoms with van der Waals surface area (Å²) in [6, 6.07) is 21.5. The van der Waals surface area contributed by atoms with E-state index in [2.05, 4.69) is 44.9 Å². The molecule has 146 valence electrons. The van der Waals surface area contributed by atoms with Gasteiger partial charge >= 0.3 is 0 Å². The van der Waals surface area contributed by atoms with Crippen molar-refractivity contribution in [3.63, 3.8) is 0 Å². The van der Waals surface area contributed by atoms with Gasteiger partial charge in [-0.05, 0) is 55.6 Å². The maximum absolute atomic E-state index is 12.6. The molecule has 1 aliphatic rings. The largest absolute Gasteiger partial charge is 0.302 e. The molecule has 1 aliphatic heterocycles. The molecule has 2 aromatic carbocycles. The molecule has 0 atom stereocenters. The molecule has 0 amide bonds. The lowest BCUT2D eigenvalue weighted by Crippen LogP contribution is -2.39. The van der Waals surface area contributed by atoms with Gasteiger partial charge in [0, 0.05) is 18.5 Å². The Hall–Kier alpha value is -2.28. The normalized spacial score (nSPS) is 16.4. The van der Waals surface area contributed by atoms with Crippen molar-refractivity contribution in [3.8, 4) is 0 Å². The quantitative estimate of drug-likeness (QED) is 0.695. The Morgan fingerprint density at radius 1 is 0.929 bits per heavy atom. The average Bonchev–Trinajstić information content (AvgIpc) is 2.74. The molecule has 0 saturated carbocycles. The third-order valence-corrected chi connectivity index (χ3v) is 6.79. The zero-order valence-corrected chi connectivity index (χ0v) is 16.6. The van der Waals surface area contributed by atoms with Gasteiger partial charge in [-0.2, -0.15) is 0 Å². The van der Waals surface area contributed by atoms with Crippen molar-refractivity contribution in [2.45, 2.75) is 23.8 Å². The molecule has 2 heterocycles. The molecule has 0 radical (unpaired) electrons. The summed E-state index contributed by atoms with van der Waals surface area (Å²) < 4.78 is 27.8. The van der Waals surface area contributed by atoms with Crippen LogP contribution in [0.5, 0.6) is 0 Å². The van der Waals surface area contributed by atoms with Crippen LogP contribution in [0.25, 0.3) is 10.9 Å². The smallest absolute Gasteiger partial charge is 0.258 e. The fourth-order valence-corrected chi connectivity index (χ4v) is 4.80. The van der Waals surface area contributed by atoms with Crippen molar-refractivity contribution in [1.82, 2.24) is 14.6 Å². The van der Waals surface area contributed by atoms with Crippen molar-refractivity contribution < 1.29 is 8.42 Å². The van der Waals surface area contributed by atoms with E-state index < -0.39 is 10.0 Å². The topological polar surface area (TPSA) is 62.3 Å². The Bertz CT molecular complexity index is 1030. The van der Waals surface area contributed by atoms with Crippen LogP contribution >= 0.6 is 0 Å². The van der Waals surface area contributed by atoms with Gasteiger partial charge in [0.05, 0.1) is 5.52 Å². The summed E-state index contributed by atoms with van der Waals surface area (Å²) in [4.78, 5) is 6.62. The number of pyridine rings is 1. The van der Waals surface area contributed by atoms with Crippen molar-refractivity contribution >= 4 is 20.9 Å². The van der Waals surface area contributed by atoms with E-state index >= 15 is 0 Å². The van der Waals surface area contributed by atoms with Gasteiger partial charge in [0.2, 0.25) is 0 Å². The van der Waals surface area contributed by atoms with Crippen LogP contribution < -0.4 is 4.72 Å². The van der Waals surface area contributed by atoms with E-state index in [0.29, 0.717) is 24.5 Å². The second-order valence-corrected chi connectivity index (χ2v) is 8.98. The number of piperidine rings is 1. The molecule has 4 rings (SSSR count). The number of sulfonamides is 1. The van der Waals surface area contributed by atoms with Crippen molar-refractivity contribution in [1.29, 1.82) is 0 Å². The van der Waals surface area contributed by atoms with Gasteiger partial charge in [0.15, 0.2) is 5.03 Å². The highest BCUT2D eigenvalue weighted by atomic mass is 32.2. The minimum Gasteiger partial charge on any atom is -0.302 e. The number of para-hydroxylation sites is 1. The molecule has 1 saturated heterocycles. The second-order valence-electron chi connectivity index (χ2n) is 7.27. The number of hydrogen-bond acceptors (Lipinski definition) is 4. The number of likely N-dealkylation sites (tertiary alicyclic amines) is 1. The predicted octanol–water partition coefficient (Wildman–Crippen LogP) is 3.39. The minimum absolute atomic E-state index is 0.0778. The van der Waals surface area contributed by atoms with E-state index in [0.717, 1.165) is 31.3 Å². The Labute approximate surface area is 166 Å². The molecule has 3 aromatic rings. The molecule has 1 aromatic heterocycles. The molecule has 28 heavy (non-hydrogen) atoms. The van der Waals surface area contributed by atoms with Gasteiger partial charge in [-0.15, -0.1) is 0 Å². The number of nitrogens with zero attached hydrogens (tertiary/aromatic N) is 2. The van der Waals surface area contributed by atoms with Crippen LogP contribution in [0, 0.1) is 0 Å². The van der Waals surface area contributed by atoms with Crippen molar-refractivity contribution in [3.05, 3.63) is 72.3 Å². The van der Waals surface area contributed by atoms with Gasteiger partial charge in [-0.3, -0.25) is 0 Å². The zero-order valence-electron chi connectivity index (χ0n) is 15.8. The highest BCUT2D eigenvalue weighted by Crippen LogP contribution is 2.27. The first-order valence-corrected chi connectivity index (χ1v) is 11.2. The van der Waals surface area contributed by atoms with Crippen LogP contribution in [-0.4, -0.2) is 44.5 Å². The Kier molecular flexibility index (Phi) is 5.71. The number of rotatable bonds is 6. The Morgan fingerprint density at radius 2 is 1.64 bits per heavy atom. The summed E-state index contributed by atoms with van der Waals surface area (Å²) in [5.74, 6) is 0.607. The first-order valence-electron chi connectivity index (χ1n) is 9.74. The number of benzene rings is 2. The molecule has 0 unspecified atom stereocenters. The van der Waals surface area contributed by atoms with E-state index in [-0.39, 0.29) is 5.03 Å². The van der Waals surface area contributed by atoms with E-state index in [1.807, 2.05) is 24.3 Å². The van der Waals surface area contributed by atoms with E-state index in [1.165, 1.54) is 5.56 Å². The van der Waals surface area contributed by atoms with E-state index in [9.17, 15) is 8.42 Å². The van der Waals surface area contributed by atoms with E-state index in [1.54, 1.807) is 12.1 Å². The fourth-order valence-electron chi connectivity index (χ4n) is 3.82. The lowest BCUT2D eigenvalue weighted by atomic mass is 9.89. The fraction of sp³-hybridized carbons (Fsp3) is 0.318. The van der Waals surface area contributed by atoms with Crippen LogP contribution in [0.4, 0.5) is 0 Å². The first kappa shape index (κ1) is 19.1. The highest BCUT2D eigenvalue weighted by molar-refractivity contribution is 7.89. The number of fused-ring (bicyclic) bond motifs is 1.